The standard InChI is InChI=1S/C18H16N4/c1-13-7-9-14(10-8-13)16-11-17(15-5-3-2-4-6-15)22-18(21-16)19-12-20-22/h2-10,12,17H,11H2,1H3. The Morgan fingerprint density at radius 3 is 2.55 bits per heavy atom. The summed E-state index contributed by atoms with van der Waals surface area (Å²) in [5.74, 6) is 0.677. The van der Waals surface area contributed by atoms with Gasteiger partial charge in [0.2, 0.25) is 5.95 Å². The summed E-state index contributed by atoms with van der Waals surface area (Å²) >= 11 is 0. The first kappa shape index (κ1) is 13.0. The topological polar surface area (TPSA) is 43.1 Å². The largest absolute Gasteiger partial charge is 0.248 e. The summed E-state index contributed by atoms with van der Waals surface area (Å²) in [5.41, 5.74) is 4.70. The van der Waals surface area contributed by atoms with Crippen molar-refractivity contribution in [3.05, 3.63) is 77.6 Å². The van der Waals surface area contributed by atoms with Crippen molar-refractivity contribution in [2.24, 2.45) is 4.99 Å². The quantitative estimate of drug-likeness (QED) is 0.721. The van der Waals surface area contributed by atoms with E-state index in [1.165, 1.54) is 11.1 Å². The molecule has 1 atom stereocenters. The molecule has 0 saturated carbocycles. The van der Waals surface area contributed by atoms with Gasteiger partial charge >= 0.3 is 0 Å². The van der Waals surface area contributed by atoms with Gasteiger partial charge in [-0.15, -0.1) is 0 Å². The van der Waals surface area contributed by atoms with Crippen LogP contribution in [0, 0.1) is 6.92 Å². The molecule has 1 aromatic heterocycles. The van der Waals surface area contributed by atoms with Crippen LogP contribution in [0.3, 0.4) is 0 Å². The molecule has 2 heterocycles. The first-order valence-corrected chi connectivity index (χ1v) is 7.40. The molecule has 0 radical (unpaired) electrons. The van der Waals surface area contributed by atoms with Crippen molar-refractivity contribution < 1.29 is 0 Å². The molecule has 2 aromatic carbocycles. The lowest BCUT2D eigenvalue weighted by Gasteiger charge is -2.23. The highest BCUT2D eigenvalue weighted by molar-refractivity contribution is 6.02. The molecule has 0 spiro atoms. The van der Waals surface area contributed by atoms with Gasteiger partial charge in [0, 0.05) is 6.42 Å². The summed E-state index contributed by atoms with van der Waals surface area (Å²) in [6.45, 7) is 2.09. The zero-order valence-electron chi connectivity index (χ0n) is 12.3. The highest BCUT2D eigenvalue weighted by Gasteiger charge is 2.25. The van der Waals surface area contributed by atoms with Crippen molar-refractivity contribution in [3.8, 4) is 0 Å². The molecule has 22 heavy (non-hydrogen) atoms. The second-order valence-corrected chi connectivity index (χ2v) is 5.56. The summed E-state index contributed by atoms with van der Waals surface area (Å²) in [5, 5.41) is 4.36. The van der Waals surface area contributed by atoms with Crippen LogP contribution in [0.5, 0.6) is 0 Å². The van der Waals surface area contributed by atoms with E-state index in [1.54, 1.807) is 6.33 Å². The van der Waals surface area contributed by atoms with Crippen LogP contribution in [0.15, 0.2) is 65.9 Å². The van der Waals surface area contributed by atoms with E-state index in [4.69, 9.17) is 0 Å². The molecule has 108 valence electrons. The third kappa shape index (κ3) is 2.22. The Bertz CT molecular complexity index is 816. The van der Waals surface area contributed by atoms with Gasteiger partial charge in [-0.05, 0) is 18.1 Å². The monoisotopic (exact) mass is 288 g/mol. The van der Waals surface area contributed by atoms with Gasteiger partial charge in [0.1, 0.15) is 6.33 Å². The highest BCUT2D eigenvalue weighted by atomic mass is 15.4. The molecule has 0 aliphatic carbocycles. The maximum Gasteiger partial charge on any atom is 0.248 e. The van der Waals surface area contributed by atoms with Crippen LogP contribution in [0.4, 0.5) is 5.95 Å². The zero-order chi connectivity index (χ0) is 14.9. The Hall–Kier alpha value is -2.75. The van der Waals surface area contributed by atoms with Crippen molar-refractivity contribution in [3.63, 3.8) is 0 Å². The van der Waals surface area contributed by atoms with Gasteiger partial charge in [-0.1, -0.05) is 60.2 Å². The normalized spacial score (nSPS) is 17.0. The van der Waals surface area contributed by atoms with Gasteiger partial charge in [0.05, 0.1) is 11.8 Å². The van der Waals surface area contributed by atoms with Crippen LogP contribution in [0.25, 0.3) is 0 Å². The lowest BCUT2D eigenvalue weighted by molar-refractivity contribution is 0.531. The number of hydrogen-bond donors (Lipinski definition) is 0. The van der Waals surface area contributed by atoms with E-state index in [0.717, 1.165) is 17.7 Å². The summed E-state index contributed by atoms with van der Waals surface area (Å²) < 4.78 is 1.91. The molecule has 3 aromatic rings. The van der Waals surface area contributed by atoms with Crippen LogP contribution in [0.2, 0.25) is 0 Å². The minimum Gasteiger partial charge on any atom is -0.222 e. The Kier molecular flexibility index (Phi) is 3.07. The maximum atomic E-state index is 4.69. The fourth-order valence-electron chi connectivity index (χ4n) is 2.84. The lowest BCUT2D eigenvalue weighted by atomic mass is 9.96. The van der Waals surface area contributed by atoms with E-state index in [2.05, 4.69) is 70.5 Å². The van der Waals surface area contributed by atoms with Crippen molar-refractivity contribution in [1.82, 2.24) is 14.8 Å². The Labute approximate surface area is 129 Å². The summed E-state index contributed by atoms with van der Waals surface area (Å²) in [4.78, 5) is 8.98. The van der Waals surface area contributed by atoms with Crippen LogP contribution in [-0.4, -0.2) is 20.5 Å². The van der Waals surface area contributed by atoms with Crippen LogP contribution in [0.1, 0.15) is 29.2 Å². The van der Waals surface area contributed by atoms with Crippen molar-refractivity contribution in [2.45, 2.75) is 19.4 Å². The van der Waals surface area contributed by atoms with Gasteiger partial charge in [-0.3, -0.25) is 0 Å². The second kappa shape index (κ2) is 5.22. The molecule has 1 aliphatic rings. The van der Waals surface area contributed by atoms with Crippen molar-refractivity contribution >= 4 is 11.7 Å². The van der Waals surface area contributed by atoms with Gasteiger partial charge in [0.25, 0.3) is 0 Å². The third-order valence-electron chi connectivity index (χ3n) is 4.04. The number of aryl methyl sites for hydroxylation is 1. The highest BCUT2D eigenvalue weighted by Crippen LogP contribution is 2.31. The molecule has 0 amide bonds. The number of fused-ring (bicyclic) bond motifs is 1. The molecule has 0 bridgehead atoms. The number of aromatic nitrogens is 3. The molecular formula is C18H16N4. The molecule has 0 saturated heterocycles. The number of benzene rings is 2. The fraction of sp³-hybridized carbons (Fsp3) is 0.167. The minimum atomic E-state index is 0.146. The van der Waals surface area contributed by atoms with Crippen LogP contribution < -0.4 is 0 Å². The SMILES string of the molecule is Cc1ccc(C2=Nc3ncnn3C(c3ccccc3)C2)cc1. The van der Waals surface area contributed by atoms with Crippen LogP contribution >= 0.6 is 0 Å². The number of aliphatic imine (C=N–C) groups is 1. The van der Waals surface area contributed by atoms with E-state index in [9.17, 15) is 0 Å². The Balaban J connectivity index is 1.78. The molecule has 4 nitrogen and oxygen atoms in total. The average molecular weight is 288 g/mol. The van der Waals surface area contributed by atoms with Gasteiger partial charge in [-0.25, -0.2) is 9.67 Å². The number of nitrogens with zero attached hydrogens (tertiary/aromatic N) is 4. The minimum absolute atomic E-state index is 0.146. The molecular weight excluding hydrogens is 272 g/mol. The molecule has 0 fully saturated rings. The summed E-state index contributed by atoms with van der Waals surface area (Å²) in [6, 6.07) is 19.1. The second-order valence-electron chi connectivity index (χ2n) is 5.56. The van der Waals surface area contributed by atoms with E-state index in [1.807, 2.05) is 10.7 Å². The molecule has 0 N–H and O–H groups in total. The van der Waals surface area contributed by atoms with Crippen molar-refractivity contribution in [2.75, 3.05) is 0 Å². The van der Waals surface area contributed by atoms with Crippen LogP contribution in [-0.2, 0) is 0 Å². The maximum absolute atomic E-state index is 4.69. The van der Waals surface area contributed by atoms with E-state index in [0.29, 0.717) is 5.95 Å². The smallest absolute Gasteiger partial charge is 0.222 e. The predicted octanol–water partition coefficient (Wildman–Crippen LogP) is 3.70. The molecule has 1 aliphatic heterocycles. The van der Waals surface area contributed by atoms with Gasteiger partial charge in [-0.2, -0.15) is 10.1 Å². The van der Waals surface area contributed by atoms with Gasteiger partial charge in [0.15, 0.2) is 0 Å². The zero-order valence-corrected chi connectivity index (χ0v) is 12.3. The first-order chi connectivity index (χ1) is 10.8. The number of hydrogen-bond acceptors (Lipinski definition) is 3. The third-order valence-corrected chi connectivity index (χ3v) is 4.04. The fourth-order valence-corrected chi connectivity index (χ4v) is 2.84. The van der Waals surface area contributed by atoms with Crippen molar-refractivity contribution in [1.29, 1.82) is 0 Å². The summed E-state index contributed by atoms with van der Waals surface area (Å²) in [7, 11) is 0. The molecule has 4 heteroatoms. The number of rotatable bonds is 2. The van der Waals surface area contributed by atoms with E-state index in [-0.39, 0.29) is 6.04 Å². The Morgan fingerprint density at radius 1 is 1.00 bits per heavy atom. The van der Waals surface area contributed by atoms with E-state index >= 15 is 0 Å². The Morgan fingerprint density at radius 2 is 1.77 bits per heavy atom. The predicted molar refractivity (Wildman–Crippen MR) is 86.6 cm³/mol. The first-order valence-electron chi connectivity index (χ1n) is 7.40. The average Bonchev–Trinajstić information content (AvgIpc) is 3.04. The molecule has 1 unspecified atom stereocenters. The van der Waals surface area contributed by atoms with E-state index < -0.39 is 0 Å². The van der Waals surface area contributed by atoms with Gasteiger partial charge < -0.3 is 0 Å². The molecule has 4 rings (SSSR count). The lowest BCUT2D eigenvalue weighted by Crippen LogP contribution is -2.21. The summed E-state index contributed by atoms with van der Waals surface area (Å²) in [6.07, 6.45) is 2.40.